The highest BCUT2D eigenvalue weighted by molar-refractivity contribution is 5.77. The minimum Gasteiger partial charge on any atom is -0.481 e. The van der Waals surface area contributed by atoms with Gasteiger partial charge in [-0.15, -0.1) is 0 Å². The second-order valence-corrected chi connectivity index (χ2v) is 13.0. The molecule has 0 rings (SSSR count). The number of unbranched alkanes of at least 4 members (excludes halogenated alkanes) is 26. The van der Waals surface area contributed by atoms with Crippen LogP contribution in [0.5, 0.6) is 0 Å². The van der Waals surface area contributed by atoms with Crippen LogP contribution < -0.4 is 5.73 Å². The number of ether oxygens (including phenoxy) is 1. The van der Waals surface area contributed by atoms with Gasteiger partial charge in [0.2, 0.25) is 0 Å². The summed E-state index contributed by atoms with van der Waals surface area (Å²) >= 11 is 0. The average Bonchev–Trinajstić information content (AvgIpc) is 2.98. The average molecular weight is 596 g/mol. The van der Waals surface area contributed by atoms with Crippen molar-refractivity contribution in [2.45, 2.75) is 213 Å². The highest BCUT2D eigenvalue weighted by atomic mass is 16.5. The number of carboxylic acids is 1. The van der Waals surface area contributed by atoms with Gasteiger partial charge in [-0.25, -0.2) is 0 Å². The molecule has 0 spiro atoms. The third-order valence-electron chi connectivity index (χ3n) is 8.89. The van der Waals surface area contributed by atoms with Crippen LogP contribution in [0.15, 0.2) is 0 Å². The molecule has 5 nitrogen and oxygen atoms in total. The zero-order chi connectivity index (χ0) is 30.9. The summed E-state index contributed by atoms with van der Waals surface area (Å²) in [5.74, 6) is -1.66. The van der Waals surface area contributed by atoms with Crippen molar-refractivity contribution in [3.63, 3.8) is 0 Å². The summed E-state index contributed by atoms with van der Waals surface area (Å²) in [6, 6.07) is -0.838. The van der Waals surface area contributed by atoms with Crippen molar-refractivity contribution in [2.75, 3.05) is 6.61 Å². The largest absolute Gasteiger partial charge is 0.481 e. The summed E-state index contributed by atoms with van der Waals surface area (Å²) in [6.07, 6.45) is 36.7. The van der Waals surface area contributed by atoms with E-state index in [-0.39, 0.29) is 12.3 Å². The Morgan fingerprint density at radius 3 is 1.17 bits per heavy atom. The van der Waals surface area contributed by atoms with Crippen molar-refractivity contribution in [1.82, 2.24) is 0 Å². The van der Waals surface area contributed by atoms with Gasteiger partial charge in [0.05, 0.1) is 13.0 Å². The fraction of sp³-hybridized carbons (Fsp3) is 0.946. The van der Waals surface area contributed by atoms with Crippen LogP contribution in [0.4, 0.5) is 0 Å². The number of hydrogen-bond acceptors (Lipinski definition) is 4. The molecule has 0 aromatic heterocycles. The van der Waals surface area contributed by atoms with Crippen molar-refractivity contribution in [2.24, 2.45) is 11.7 Å². The predicted molar refractivity (Wildman–Crippen MR) is 180 cm³/mol. The van der Waals surface area contributed by atoms with E-state index in [1.54, 1.807) is 0 Å². The Kier molecular flexibility index (Phi) is 31.9. The van der Waals surface area contributed by atoms with Crippen LogP contribution in [0.3, 0.4) is 0 Å². The number of rotatable bonds is 34. The van der Waals surface area contributed by atoms with Gasteiger partial charge in [-0.1, -0.05) is 187 Å². The Morgan fingerprint density at radius 2 is 0.833 bits per heavy atom. The fourth-order valence-corrected chi connectivity index (χ4v) is 5.99. The molecule has 0 aliphatic heterocycles. The van der Waals surface area contributed by atoms with Gasteiger partial charge in [-0.05, 0) is 18.8 Å². The lowest BCUT2D eigenvalue weighted by atomic mass is 9.90. The Morgan fingerprint density at radius 1 is 0.524 bits per heavy atom. The van der Waals surface area contributed by atoms with Gasteiger partial charge in [0.15, 0.2) is 0 Å². The first-order chi connectivity index (χ1) is 20.5. The quantitative estimate of drug-likeness (QED) is 0.0570. The molecule has 0 aliphatic rings. The molecule has 250 valence electrons. The first-order valence-corrected chi connectivity index (χ1v) is 18.7. The lowest BCUT2D eigenvalue weighted by molar-refractivity contribution is -0.147. The summed E-state index contributed by atoms with van der Waals surface area (Å²) in [5.41, 5.74) is 6.19. The molecule has 5 heteroatoms. The Labute approximate surface area is 261 Å². The normalized spacial score (nSPS) is 12.8. The van der Waals surface area contributed by atoms with Gasteiger partial charge in [-0.3, -0.25) is 9.59 Å². The molecule has 0 aromatic carbocycles. The van der Waals surface area contributed by atoms with Crippen LogP contribution in [0.2, 0.25) is 0 Å². The molecule has 1 unspecified atom stereocenters. The molecule has 3 N–H and O–H groups in total. The van der Waals surface area contributed by atoms with Gasteiger partial charge in [0.25, 0.3) is 0 Å². The zero-order valence-corrected chi connectivity index (χ0v) is 28.3. The summed E-state index contributed by atoms with van der Waals surface area (Å²) in [4.78, 5) is 23.9. The molecule has 0 radical (unpaired) electrons. The lowest BCUT2D eigenvalue weighted by Gasteiger charge is -2.21. The molecule has 0 amide bonds. The van der Waals surface area contributed by atoms with E-state index in [1.165, 1.54) is 154 Å². The van der Waals surface area contributed by atoms with Crippen molar-refractivity contribution in [3.05, 3.63) is 0 Å². The predicted octanol–water partition coefficient (Wildman–Crippen LogP) is 11.3. The maximum absolute atomic E-state index is 12.5. The molecule has 0 saturated heterocycles. The topological polar surface area (TPSA) is 89.6 Å². The molecule has 0 fully saturated rings. The first-order valence-electron chi connectivity index (χ1n) is 18.7. The molecule has 42 heavy (non-hydrogen) atoms. The molecular formula is C37H73NO4. The van der Waals surface area contributed by atoms with Crippen LogP contribution in [0, 0.1) is 5.92 Å². The monoisotopic (exact) mass is 596 g/mol. The molecule has 2 atom stereocenters. The minimum absolute atomic E-state index is 0.0619. The number of hydrogen-bond donors (Lipinski definition) is 2. The van der Waals surface area contributed by atoms with Crippen LogP contribution in [-0.4, -0.2) is 29.7 Å². The molecule has 0 aliphatic carbocycles. The van der Waals surface area contributed by atoms with E-state index >= 15 is 0 Å². The van der Waals surface area contributed by atoms with Crippen LogP contribution in [-0.2, 0) is 14.3 Å². The number of nitrogens with two attached hydrogens (primary N) is 1. The van der Waals surface area contributed by atoms with Gasteiger partial charge >= 0.3 is 11.9 Å². The Hall–Kier alpha value is -1.10. The van der Waals surface area contributed by atoms with E-state index in [1.807, 2.05) is 0 Å². The summed E-state index contributed by atoms with van der Waals surface area (Å²) < 4.78 is 5.44. The van der Waals surface area contributed by atoms with E-state index in [9.17, 15) is 14.7 Å². The second-order valence-electron chi connectivity index (χ2n) is 13.0. The number of carbonyl (C=O) groups excluding carboxylic acids is 1. The highest BCUT2D eigenvalue weighted by Crippen LogP contribution is 2.20. The lowest BCUT2D eigenvalue weighted by Crippen LogP contribution is -2.40. The number of carbonyl (C=O) groups is 2. The summed E-state index contributed by atoms with van der Waals surface area (Å²) in [7, 11) is 0. The van der Waals surface area contributed by atoms with Crippen LogP contribution >= 0.6 is 0 Å². The van der Waals surface area contributed by atoms with Crippen LogP contribution in [0.25, 0.3) is 0 Å². The number of carboxylic acid groups (broad SMARTS) is 1. The zero-order valence-electron chi connectivity index (χ0n) is 28.3. The standard InChI is InChI=1S/C37H73NO4/c1-3-5-7-9-11-13-15-17-19-21-23-25-27-29-31-34(33-35(39)40)36(38)37(41)42-32-30-28-26-24-22-20-18-16-14-12-10-8-6-4-2/h34,36H,3-33,38H2,1-2H3,(H,39,40)/t34?,36-/m0/s1. The maximum atomic E-state index is 12.5. The highest BCUT2D eigenvalue weighted by Gasteiger charge is 2.27. The van der Waals surface area contributed by atoms with Gasteiger partial charge in [0.1, 0.15) is 6.04 Å². The molecule has 0 saturated carbocycles. The van der Waals surface area contributed by atoms with Crippen molar-refractivity contribution < 1.29 is 19.4 Å². The van der Waals surface area contributed by atoms with E-state index < -0.39 is 18.0 Å². The fourth-order valence-electron chi connectivity index (χ4n) is 5.99. The SMILES string of the molecule is CCCCCCCCCCCCCCCCOC(=O)[C@@H](N)C(CCCCCCCCCCCCCCCC)CC(=O)O. The maximum Gasteiger partial charge on any atom is 0.323 e. The van der Waals surface area contributed by atoms with E-state index in [0.29, 0.717) is 13.0 Å². The number of esters is 1. The van der Waals surface area contributed by atoms with Gasteiger partial charge < -0.3 is 15.6 Å². The molecule has 0 aromatic rings. The Bertz CT molecular complexity index is 582. The molecule has 0 bridgehead atoms. The van der Waals surface area contributed by atoms with E-state index in [0.717, 1.165) is 25.7 Å². The summed E-state index contributed by atoms with van der Waals surface area (Å²) in [5, 5.41) is 9.34. The smallest absolute Gasteiger partial charge is 0.323 e. The molecule has 0 heterocycles. The number of aliphatic carboxylic acids is 1. The van der Waals surface area contributed by atoms with Crippen LogP contribution in [0.1, 0.15) is 206 Å². The first kappa shape index (κ1) is 40.9. The third kappa shape index (κ3) is 29.0. The van der Waals surface area contributed by atoms with E-state index in [2.05, 4.69) is 13.8 Å². The van der Waals surface area contributed by atoms with Crippen molar-refractivity contribution in [1.29, 1.82) is 0 Å². The van der Waals surface area contributed by atoms with E-state index in [4.69, 9.17) is 10.5 Å². The Balaban J connectivity index is 3.76. The molecular weight excluding hydrogens is 522 g/mol. The minimum atomic E-state index is -0.888. The summed E-state index contributed by atoms with van der Waals surface area (Å²) in [6.45, 7) is 4.93. The van der Waals surface area contributed by atoms with Crippen molar-refractivity contribution >= 4 is 11.9 Å². The van der Waals surface area contributed by atoms with Gasteiger partial charge in [0, 0.05) is 0 Å². The second kappa shape index (κ2) is 32.8. The van der Waals surface area contributed by atoms with Gasteiger partial charge in [-0.2, -0.15) is 0 Å². The third-order valence-corrected chi connectivity index (χ3v) is 8.89. The van der Waals surface area contributed by atoms with Crippen molar-refractivity contribution in [3.8, 4) is 0 Å².